The third-order valence-corrected chi connectivity index (χ3v) is 3.01. The van der Waals surface area contributed by atoms with E-state index in [1.54, 1.807) is 0 Å². The molecule has 0 amide bonds. The van der Waals surface area contributed by atoms with Crippen LogP contribution in [0.1, 0.15) is 5.56 Å². The Morgan fingerprint density at radius 1 is 1.47 bits per heavy atom. The van der Waals surface area contributed by atoms with Gasteiger partial charge in [-0.3, -0.25) is 0 Å². The second-order valence-electron chi connectivity index (χ2n) is 2.95. The number of halogens is 2. The van der Waals surface area contributed by atoms with Crippen LogP contribution < -0.4 is 4.74 Å². The SMILES string of the molecule is COc1ccc(F)cc1CCS(=O)(=O)Cl. The molecule has 84 valence electrons. The fourth-order valence-electron chi connectivity index (χ4n) is 1.17. The summed E-state index contributed by atoms with van der Waals surface area (Å²) in [6.45, 7) is 0. The molecule has 1 rings (SSSR count). The average molecular weight is 253 g/mol. The van der Waals surface area contributed by atoms with Crippen molar-refractivity contribution in [3.63, 3.8) is 0 Å². The molecule has 0 saturated heterocycles. The maximum Gasteiger partial charge on any atom is 0.232 e. The summed E-state index contributed by atoms with van der Waals surface area (Å²) >= 11 is 0. The van der Waals surface area contributed by atoms with Gasteiger partial charge in [0.25, 0.3) is 0 Å². The number of methoxy groups -OCH3 is 1. The first kappa shape index (κ1) is 12.3. The molecule has 0 aromatic heterocycles. The van der Waals surface area contributed by atoms with Gasteiger partial charge in [-0.05, 0) is 30.2 Å². The minimum atomic E-state index is -3.57. The summed E-state index contributed by atoms with van der Waals surface area (Å²) in [5.74, 6) is -0.219. The number of hydrogen-bond donors (Lipinski definition) is 0. The van der Waals surface area contributed by atoms with E-state index in [1.807, 2.05) is 0 Å². The Hall–Kier alpha value is -0.810. The van der Waals surface area contributed by atoms with Crippen molar-refractivity contribution in [3.05, 3.63) is 29.6 Å². The van der Waals surface area contributed by atoms with Crippen molar-refractivity contribution < 1.29 is 17.5 Å². The highest BCUT2D eigenvalue weighted by atomic mass is 35.7. The van der Waals surface area contributed by atoms with E-state index in [4.69, 9.17) is 15.4 Å². The van der Waals surface area contributed by atoms with Crippen molar-refractivity contribution in [3.8, 4) is 5.75 Å². The Labute approximate surface area is 92.2 Å². The molecule has 1 aromatic rings. The molecular formula is C9H10ClFO3S. The van der Waals surface area contributed by atoms with Crippen LogP contribution in [0.4, 0.5) is 4.39 Å². The summed E-state index contributed by atoms with van der Waals surface area (Å²) in [7, 11) is 2.93. The quantitative estimate of drug-likeness (QED) is 0.770. The standard InChI is InChI=1S/C9H10ClFO3S/c1-14-9-3-2-8(11)6-7(9)4-5-15(10,12)13/h2-3,6H,4-5H2,1H3. The van der Waals surface area contributed by atoms with Gasteiger partial charge in [0.2, 0.25) is 9.05 Å². The molecule has 0 spiro atoms. The first-order chi connectivity index (χ1) is 6.92. The van der Waals surface area contributed by atoms with Gasteiger partial charge in [-0.1, -0.05) is 0 Å². The number of benzene rings is 1. The Kier molecular flexibility index (Phi) is 3.93. The molecule has 0 aliphatic heterocycles. The van der Waals surface area contributed by atoms with E-state index in [0.717, 1.165) is 0 Å². The number of hydrogen-bond acceptors (Lipinski definition) is 3. The van der Waals surface area contributed by atoms with Crippen LogP contribution in [-0.4, -0.2) is 21.3 Å². The van der Waals surface area contributed by atoms with Crippen molar-refractivity contribution >= 4 is 19.7 Å². The molecule has 0 aliphatic rings. The maximum absolute atomic E-state index is 12.9. The topological polar surface area (TPSA) is 43.4 Å². The molecule has 0 saturated carbocycles. The highest BCUT2D eigenvalue weighted by molar-refractivity contribution is 8.13. The summed E-state index contributed by atoms with van der Waals surface area (Å²) in [5.41, 5.74) is 0.488. The van der Waals surface area contributed by atoms with Crippen LogP contribution in [0.5, 0.6) is 5.75 Å². The maximum atomic E-state index is 12.9. The molecule has 0 fully saturated rings. The van der Waals surface area contributed by atoms with Gasteiger partial charge in [-0.15, -0.1) is 0 Å². The van der Waals surface area contributed by atoms with Crippen molar-refractivity contribution in [2.75, 3.05) is 12.9 Å². The van der Waals surface area contributed by atoms with E-state index in [1.165, 1.54) is 25.3 Å². The minimum Gasteiger partial charge on any atom is -0.496 e. The van der Waals surface area contributed by atoms with Gasteiger partial charge in [0.05, 0.1) is 12.9 Å². The Bertz CT molecular complexity index is 445. The predicted molar refractivity (Wildman–Crippen MR) is 56.3 cm³/mol. The van der Waals surface area contributed by atoms with Gasteiger partial charge in [-0.25, -0.2) is 12.8 Å². The molecule has 15 heavy (non-hydrogen) atoms. The van der Waals surface area contributed by atoms with Crippen molar-refractivity contribution in [1.29, 1.82) is 0 Å². The molecule has 0 bridgehead atoms. The Balaban J connectivity index is 2.88. The minimum absolute atomic E-state index is 0.132. The van der Waals surface area contributed by atoms with Crippen LogP contribution in [0.2, 0.25) is 0 Å². The van der Waals surface area contributed by atoms with Crippen LogP contribution in [0.3, 0.4) is 0 Å². The lowest BCUT2D eigenvalue weighted by molar-refractivity contribution is 0.409. The highest BCUT2D eigenvalue weighted by Crippen LogP contribution is 2.20. The lowest BCUT2D eigenvalue weighted by Crippen LogP contribution is -2.03. The van der Waals surface area contributed by atoms with E-state index in [-0.39, 0.29) is 12.2 Å². The fourth-order valence-corrected chi connectivity index (χ4v) is 1.87. The number of aryl methyl sites for hydroxylation is 1. The number of ether oxygens (including phenoxy) is 1. The first-order valence-electron chi connectivity index (χ1n) is 4.17. The number of rotatable bonds is 4. The summed E-state index contributed by atoms with van der Waals surface area (Å²) in [6, 6.07) is 3.93. The van der Waals surface area contributed by atoms with Crippen molar-refractivity contribution in [1.82, 2.24) is 0 Å². The van der Waals surface area contributed by atoms with Crippen LogP contribution in [0.15, 0.2) is 18.2 Å². The van der Waals surface area contributed by atoms with Gasteiger partial charge in [0.15, 0.2) is 0 Å². The van der Waals surface area contributed by atoms with Gasteiger partial charge in [-0.2, -0.15) is 0 Å². The van der Waals surface area contributed by atoms with Crippen LogP contribution in [-0.2, 0) is 15.5 Å². The summed E-state index contributed by atoms with van der Waals surface area (Å²) in [6.07, 6.45) is 0.132. The molecular weight excluding hydrogens is 243 g/mol. The molecule has 6 heteroatoms. The first-order valence-corrected chi connectivity index (χ1v) is 6.65. The summed E-state index contributed by atoms with van der Waals surface area (Å²) < 4.78 is 39.3. The summed E-state index contributed by atoms with van der Waals surface area (Å²) in [5, 5.41) is 0. The van der Waals surface area contributed by atoms with Crippen LogP contribution in [0, 0.1) is 5.82 Å². The fraction of sp³-hybridized carbons (Fsp3) is 0.333. The smallest absolute Gasteiger partial charge is 0.232 e. The van der Waals surface area contributed by atoms with E-state index < -0.39 is 14.9 Å². The Morgan fingerprint density at radius 2 is 2.13 bits per heavy atom. The van der Waals surface area contributed by atoms with Crippen LogP contribution in [0.25, 0.3) is 0 Å². The molecule has 0 radical (unpaired) electrons. The molecule has 3 nitrogen and oxygen atoms in total. The van der Waals surface area contributed by atoms with E-state index in [9.17, 15) is 12.8 Å². The lowest BCUT2D eigenvalue weighted by atomic mass is 10.1. The zero-order chi connectivity index (χ0) is 11.5. The monoisotopic (exact) mass is 252 g/mol. The Morgan fingerprint density at radius 3 is 2.67 bits per heavy atom. The third-order valence-electron chi connectivity index (χ3n) is 1.86. The van der Waals surface area contributed by atoms with Gasteiger partial charge >= 0.3 is 0 Å². The molecule has 0 aliphatic carbocycles. The normalized spacial score (nSPS) is 11.4. The van der Waals surface area contributed by atoms with Gasteiger partial charge in [0.1, 0.15) is 11.6 Å². The van der Waals surface area contributed by atoms with Crippen LogP contribution >= 0.6 is 10.7 Å². The van der Waals surface area contributed by atoms with Crippen molar-refractivity contribution in [2.24, 2.45) is 0 Å². The van der Waals surface area contributed by atoms with Crippen molar-refractivity contribution in [2.45, 2.75) is 6.42 Å². The molecule has 0 heterocycles. The third kappa shape index (κ3) is 4.05. The zero-order valence-corrected chi connectivity index (χ0v) is 9.61. The second kappa shape index (κ2) is 4.81. The molecule has 0 unspecified atom stereocenters. The molecule has 0 atom stereocenters. The molecule has 1 aromatic carbocycles. The highest BCUT2D eigenvalue weighted by Gasteiger charge is 2.10. The van der Waals surface area contributed by atoms with Gasteiger partial charge in [0, 0.05) is 10.7 Å². The van der Waals surface area contributed by atoms with E-state index >= 15 is 0 Å². The second-order valence-corrected chi connectivity index (χ2v) is 5.85. The van der Waals surface area contributed by atoms with E-state index in [2.05, 4.69) is 0 Å². The zero-order valence-electron chi connectivity index (χ0n) is 8.04. The summed E-state index contributed by atoms with van der Waals surface area (Å²) in [4.78, 5) is 0. The van der Waals surface area contributed by atoms with E-state index in [0.29, 0.717) is 11.3 Å². The average Bonchev–Trinajstić information content (AvgIpc) is 2.14. The lowest BCUT2D eigenvalue weighted by Gasteiger charge is -2.07. The predicted octanol–water partition coefficient (Wildman–Crippen LogP) is 1.95. The largest absolute Gasteiger partial charge is 0.496 e. The van der Waals surface area contributed by atoms with Gasteiger partial charge < -0.3 is 4.74 Å². The molecule has 0 N–H and O–H groups in total.